The average Bonchev–Trinajstić information content (AvgIpc) is 3.00. The average molecular weight is 361 g/mol. The molecule has 1 N–H and O–H groups in total. The molecule has 0 atom stereocenters. The lowest BCUT2D eigenvalue weighted by Crippen LogP contribution is -2.33. The minimum absolute atomic E-state index is 0.0119. The smallest absolute Gasteiger partial charge is 0.407 e. The van der Waals surface area contributed by atoms with Gasteiger partial charge in [0.25, 0.3) is 5.89 Å². The highest BCUT2D eigenvalue weighted by molar-refractivity contribution is 5.72. The molecule has 1 amide bonds. The number of aromatic nitrogens is 2. The molecule has 0 aliphatic rings. The van der Waals surface area contributed by atoms with E-state index in [-0.39, 0.29) is 25.5 Å². The number of benzene rings is 1. The Morgan fingerprint density at radius 3 is 2.65 bits per heavy atom. The fourth-order valence-corrected chi connectivity index (χ4v) is 2.04. The number of ether oxygens (including phenoxy) is 2. The van der Waals surface area contributed by atoms with E-state index >= 15 is 0 Å². The monoisotopic (exact) mass is 361 g/mol. The van der Waals surface area contributed by atoms with Crippen molar-refractivity contribution >= 4 is 12.1 Å². The third-order valence-electron chi connectivity index (χ3n) is 3.21. The van der Waals surface area contributed by atoms with Crippen LogP contribution in [0.25, 0.3) is 11.4 Å². The van der Waals surface area contributed by atoms with E-state index in [9.17, 15) is 9.59 Å². The van der Waals surface area contributed by atoms with Crippen molar-refractivity contribution in [1.29, 1.82) is 0 Å². The summed E-state index contributed by atoms with van der Waals surface area (Å²) in [6.07, 6.45) is -0.567. The van der Waals surface area contributed by atoms with Gasteiger partial charge in [0, 0.05) is 12.1 Å². The molecule has 0 unspecified atom stereocenters. The van der Waals surface area contributed by atoms with Gasteiger partial charge in [-0.05, 0) is 33.3 Å². The standard InChI is InChI=1S/C18H23N3O5/c1-12-7-5-6-8-13(12)16-20-14(26-21-16)11-24-15(22)9-10-19-17(23)25-18(2,3)4/h5-8H,9-11H2,1-4H3,(H,19,23). The first-order chi connectivity index (χ1) is 12.2. The highest BCUT2D eigenvalue weighted by Gasteiger charge is 2.16. The quantitative estimate of drug-likeness (QED) is 0.789. The highest BCUT2D eigenvalue weighted by Crippen LogP contribution is 2.19. The Balaban J connectivity index is 1.75. The normalized spacial score (nSPS) is 11.1. The van der Waals surface area contributed by atoms with Crippen LogP contribution in [0.2, 0.25) is 0 Å². The van der Waals surface area contributed by atoms with Crippen molar-refractivity contribution in [2.24, 2.45) is 0 Å². The van der Waals surface area contributed by atoms with Gasteiger partial charge in [-0.15, -0.1) is 0 Å². The number of carbonyl (C=O) groups excluding carboxylic acids is 2. The Bertz CT molecular complexity index is 764. The minimum atomic E-state index is -0.586. The van der Waals surface area contributed by atoms with Crippen molar-refractivity contribution in [3.8, 4) is 11.4 Å². The Kier molecular flexibility index (Phi) is 6.32. The molecule has 8 heteroatoms. The minimum Gasteiger partial charge on any atom is -0.456 e. The summed E-state index contributed by atoms with van der Waals surface area (Å²) in [4.78, 5) is 27.4. The molecular weight excluding hydrogens is 338 g/mol. The topological polar surface area (TPSA) is 104 Å². The number of alkyl carbamates (subject to hydrolysis) is 1. The summed E-state index contributed by atoms with van der Waals surface area (Å²) in [5.74, 6) is 0.161. The molecule has 0 fully saturated rings. The second-order valence-electron chi connectivity index (χ2n) is 6.67. The predicted molar refractivity (Wildman–Crippen MR) is 93.1 cm³/mol. The number of amides is 1. The third kappa shape index (κ3) is 6.19. The van der Waals surface area contributed by atoms with E-state index in [1.165, 1.54) is 0 Å². The Morgan fingerprint density at radius 1 is 1.23 bits per heavy atom. The summed E-state index contributed by atoms with van der Waals surface area (Å²) >= 11 is 0. The number of nitrogens with zero attached hydrogens (tertiary/aromatic N) is 2. The van der Waals surface area contributed by atoms with Gasteiger partial charge in [-0.2, -0.15) is 4.98 Å². The molecule has 0 saturated carbocycles. The summed E-state index contributed by atoms with van der Waals surface area (Å²) in [5.41, 5.74) is 1.29. The van der Waals surface area contributed by atoms with E-state index in [2.05, 4.69) is 15.5 Å². The Morgan fingerprint density at radius 2 is 1.96 bits per heavy atom. The van der Waals surface area contributed by atoms with Crippen LogP contribution in [0, 0.1) is 6.92 Å². The van der Waals surface area contributed by atoms with Gasteiger partial charge in [-0.25, -0.2) is 4.79 Å². The van der Waals surface area contributed by atoms with E-state index < -0.39 is 17.7 Å². The molecule has 0 bridgehead atoms. The van der Waals surface area contributed by atoms with Gasteiger partial charge in [0.2, 0.25) is 5.82 Å². The SMILES string of the molecule is Cc1ccccc1-c1noc(COC(=O)CCNC(=O)OC(C)(C)C)n1. The van der Waals surface area contributed by atoms with Crippen molar-refractivity contribution in [3.63, 3.8) is 0 Å². The molecule has 1 aromatic heterocycles. The molecule has 0 spiro atoms. The molecule has 8 nitrogen and oxygen atoms in total. The summed E-state index contributed by atoms with van der Waals surface area (Å²) < 4.78 is 15.2. The zero-order valence-electron chi connectivity index (χ0n) is 15.4. The molecule has 140 valence electrons. The van der Waals surface area contributed by atoms with Crippen LogP contribution in [0.15, 0.2) is 28.8 Å². The number of hydrogen-bond donors (Lipinski definition) is 1. The van der Waals surface area contributed by atoms with Crippen LogP contribution in [-0.2, 0) is 20.9 Å². The molecule has 2 aromatic rings. The molecule has 0 radical (unpaired) electrons. The number of hydrogen-bond acceptors (Lipinski definition) is 7. The zero-order chi connectivity index (χ0) is 19.2. The van der Waals surface area contributed by atoms with Crippen molar-refractivity contribution in [2.75, 3.05) is 6.54 Å². The van der Waals surface area contributed by atoms with E-state index in [4.69, 9.17) is 14.0 Å². The second kappa shape index (κ2) is 8.46. The van der Waals surface area contributed by atoms with Crippen LogP contribution in [0.3, 0.4) is 0 Å². The molecule has 26 heavy (non-hydrogen) atoms. The third-order valence-corrected chi connectivity index (χ3v) is 3.21. The van der Waals surface area contributed by atoms with Gasteiger partial charge < -0.3 is 19.3 Å². The maximum absolute atomic E-state index is 11.7. The zero-order valence-corrected chi connectivity index (χ0v) is 15.4. The van der Waals surface area contributed by atoms with Crippen molar-refractivity contribution < 1.29 is 23.6 Å². The second-order valence-corrected chi connectivity index (χ2v) is 6.67. The van der Waals surface area contributed by atoms with Crippen molar-refractivity contribution in [1.82, 2.24) is 15.5 Å². The van der Waals surface area contributed by atoms with E-state index in [0.717, 1.165) is 11.1 Å². The molecule has 0 aliphatic heterocycles. The van der Waals surface area contributed by atoms with Crippen molar-refractivity contribution in [3.05, 3.63) is 35.7 Å². The number of carbonyl (C=O) groups is 2. The van der Waals surface area contributed by atoms with Gasteiger partial charge in [-0.1, -0.05) is 29.4 Å². The summed E-state index contributed by atoms with van der Waals surface area (Å²) in [5, 5.41) is 6.38. The number of nitrogens with one attached hydrogen (secondary N) is 1. The Hall–Kier alpha value is -2.90. The molecular formula is C18H23N3O5. The lowest BCUT2D eigenvalue weighted by atomic mass is 10.1. The molecule has 1 heterocycles. The maximum atomic E-state index is 11.7. The van der Waals surface area contributed by atoms with Gasteiger partial charge in [-0.3, -0.25) is 4.79 Å². The van der Waals surface area contributed by atoms with E-state index in [1.807, 2.05) is 31.2 Å². The van der Waals surface area contributed by atoms with E-state index in [0.29, 0.717) is 5.82 Å². The van der Waals surface area contributed by atoms with Crippen LogP contribution in [0.1, 0.15) is 38.6 Å². The summed E-state index contributed by atoms with van der Waals surface area (Å²) in [7, 11) is 0. The van der Waals surface area contributed by atoms with Crippen LogP contribution in [0.5, 0.6) is 0 Å². The first kappa shape index (κ1) is 19.4. The largest absolute Gasteiger partial charge is 0.456 e. The first-order valence-corrected chi connectivity index (χ1v) is 8.25. The number of esters is 1. The summed E-state index contributed by atoms with van der Waals surface area (Å²) in [6.45, 7) is 7.22. The van der Waals surface area contributed by atoms with Gasteiger partial charge in [0.1, 0.15) is 5.60 Å². The lowest BCUT2D eigenvalue weighted by molar-refractivity contribution is -0.145. The van der Waals surface area contributed by atoms with Crippen LogP contribution < -0.4 is 5.32 Å². The van der Waals surface area contributed by atoms with Crippen LogP contribution in [-0.4, -0.2) is 34.3 Å². The number of aryl methyl sites for hydroxylation is 1. The molecule has 0 aliphatic carbocycles. The highest BCUT2D eigenvalue weighted by atomic mass is 16.6. The van der Waals surface area contributed by atoms with Gasteiger partial charge in [0.05, 0.1) is 6.42 Å². The summed E-state index contributed by atoms with van der Waals surface area (Å²) in [6, 6.07) is 7.64. The maximum Gasteiger partial charge on any atom is 0.407 e. The van der Waals surface area contributed by atoms with Crippen molar-refractivity contribution in [2.45, 2.75) is 46.3 Å². The molecule has 0 saturated heterocycles. The first-order valence-electron chi connectivity index (χ1n) is 8.25. The van der Waals surface area contributed by atoms with Crippen LogP contribution >= 0.6 is 0 Å². The fraction of sp³-hybridized carbons (Fsp3) is 0.444. The fourth-order valence-electron chi connectivity index (χ4n) is 2.04. The molecule has 2 rings (SSSR count). The van der Waals surface area contributed by atoms with Gasteiger partial charge in [0.15, 0.2) is 6.61 Å². The Labute approximate surface area is 151 Å². The van der Waals surface area contributed by atoms with Gasteiger partial charge >= 0.3 is 12.1 Å². The number of rotatable bonds is 6. The lowest BCUT2D eigenvalue weighted by Gasteiger charge is -2.19. The van der Waals surface area contributed by atoms with E-state index in [1.54, 1.807) is 20.8 Å². The molecule has 1 aromatic carbocycles. The van der Waals surface area contributed by atoms with Crippen LogP contribution in [0.4, 0.5) is 4.79 Å². The predicted octanol–water partition coefficient (Wildman–Crippen LogP) is 3.00.